The first-order chi connectivity index (χ1) is 11.8. The van der Waals surface area contributed by atoms with Crippen molar-refractivity contribution in [2.75, 3.05) is 15.7 Å². The molecule has 0 saturated carbocycles. The van der Waals surface area contributed by atoms with Crippen molar-refractivity contribution in [3.63, 3.8) is 0 Å². The Morgan fingerprint density at radius 3 is 2.23 bits per heavy atom. The number of aryl methyl sites for hydroxylation is 2. The van der Waals surface area contributed by atoms with Crippen molar-refractivity contribution in [2.45, 2.75) is 25.7 Å². The zero-order valence-electron chi connectivity index (χ0n) is 14.6. The van der Waals surface area contributed by atoms with E-state index < -0.39 is 26.0 Å². The lowest BCUT2D eigenvalue weighted by molar-refractivity contribution is 0.100. The van der Waals surface area contributed by atoms with E-state index in [1.165, 1.54) is 13.0 Å². The lowest BCUT2D eigenvalue weighted by Crippen LogP contribution is -2.20. The highest BCUT2D eigenvalue weighted by atomic mass is 32.2. The van der Waals surface area contributed by atoms with Crippen molar-refractivity contribution in [1.29, 1.82) is 0 Å². The van der Waals surface area contributed by atoms with Gasteiger partial charge in [0, 0.05) is 0 Å². The average molecular weight is 418 g/mol. The molecule has 1 heterocycles. The van der Waals surface area contributed by atoms with Crippen LogP contribution >= 0.6 is 11.3 Å². The van der Waals surface area contributed by atoms with Crippen LogP contribution in [-0.2, 0) is 20.0 Å². The maximum atomic E-state index is 12.9. The number of anilines is 2. The van der Waals surface area contributed by atoms with E-state index in [1.54, 1.807) is 25.3 Å². The van der Waals surface area contributed by atoms with E-state index in [0.29, 0.717) is 11.1 Å². The van der Waals surface area contributed by atoms with Crippen molar-refractivity contribution < 1.29 is 21.6 Å². The lowest BCUT2D eigenvalue weighted by atomic mass is 10.1. The minimum atomic E-state index is -4.08. The van der Waals surface area contributed by atoms with Crippen LogP contribution in [0, 0.1) is 20.8 Å². The molecule has 1 amide bonds. The molecule has 0 unspecified atom stereocenters. The number of benzene rings is 1. The zero-order chi connectivity index (χ0) is 19.9. The van der Waals surface area contributed by atoms with Gasteiger partial charge in [0.15, 0.2) is 0 Å². The first-order valence-electron chi connectivity index (χ1n) is 7.32. The number of rotatable bonds is 6. The SMILES string of the molecule is Cc1cc(C)c(S(=O)(=O)Nc2ccsc2C(N)=O)c(C)c1NS(C)(=O)=O. The molecule has 1 aromatic carbocycles. The van der Waals surface area contributed by atoms with Crippen LogP contribution in [0.1, 0.15) is 26.4 Å². The van der Waals surface area contributed by atoms with E-state index in [2.05, 4.69) is 9.44 Å². The van der Waals surface area contributed by atoms with E-state index in [-0.39, 0.29) is 26.7 Å². The average Bonchev–Trinajstić information content (AvgIpc) is 2.89. The van der Waals surface area contributed by atoms with Crippen LogP contribution in [0.15, 0.2) is 22.4 Å². The largest absolute Gasteiger partial charge is 0.365 e. The normalized spacial score (nSPS) is 12.0. The summed E-state index contributed by atoms with van der Waals surface area (Å²) in [6.07, 6.45) is 0.989. The molecular formula is C15H19N3O5S3. The zero-order valence-corrected chi connectivity index (χ0v) is 17.0. The summed E-state index contributed by atoms with van der Waals surface area (Å²) in [5.41, 5.74) is 6.84. The molecule has 0 aliphatic heterocycles. The number of amides is 1. The number of nitrogens with one attached hydrogen (secondary N) is 2. The van der Waals surface area contributed by atoms with Gasteiger partial charge in [0.25, 0.3) is 15.9 Å². The fraction of sp³-hybridized carbons (Fsp3) is 0.267. The molecule has 0 aliphatic rings. The van der Waals surface area contributed by atoms with Gasteiger partial charge in [0.05, 0.1) is 22.5 Å². The van der Waals surface area contributed by atoms with Crippen LogP contribution in [0.25, 0.3) is 0 Å². The maximum Gasteiger partial charge on any atom is 0.262 e. The smallest absolute Gasteiger partial charge is 0.262 e. The van der Waals surface area contributed by atoms with Crippen molar-refractivity contribution in [1.82, 2.24) is 0 Å². The third-order valence-electron chi connectivity index (χ3n) is 3.59. The summed E-state index contributed by atoms with van der Waals surface area (Å²) in [5.74, 6) is -0.741. The second-order valence-electron chi connectivity index (χ2n) is 5.85. The maximum absolute atomic E-state index is 12.9. The molecule has 1 aromatic heterocycles. The molecule has 142 valence electrons. The minimum absolute atomic E-state index is 0.0594. The number of carbonyl (C=O) groups is 1. The molecule has 0 atom stereocenters. The number of hydrogen-bond acceptors (Lipinski definition) is 6. The number of nitrogens with two attached hydrogens (primary N) is 1. The number of hydrogen-bond donors (Lipinski definition) is 3. The van der Waals surface area contributed by atoms with Crippen LogP contribution in [0.5, 0.6) is 0 Å². The summed E-state index contributed by atoms with van der Waals surface area (Å²) in [5, 5.41) is 1.55. The van der Waals surface area contributed by atoms with Crippen LogP contribution in [0.4, 0.5) is 11.4 Å². The Balaban J connectivity index is 2.61. The molecule has 26 heavy (non-hydrogen) atoms. The topological polar surface area (TPSA) is 135 Å². The number of carbonyl (C=O) groups excluding carboxylic acids is 1. The third kappa shape index (κ3) is 4.17. The van der Waals surface area contributed by atoms with Gasteiger partial charge < -0.3 is 5.73 Å². The van der Waals surface area contributed by atoms with Gasteiger partial charge in [-0.1, -0.05) is 6.07 Å². The standard InChI is InChI=1S/C15H19N3O5S3/c1-8-7-9(2)14(10(3)12(8)18-25(4,20)21)26(22,23)17-11-5-6-24-13(11)15(16)19/h5-7,17-18H,1-4H3,(H2,16,19). The van der Waals surface area contributed by atoms with E-state index in [1.807, 2.05) is 0 Å². The van der Waals surface area contributed by atoms with Crippen LogP contribution < -0.4 is 15.2 Å². The summed E-state index contributed by atoms with van der Waals surface area (Å²) in [4.78, 5) is 11.4. The van der Waals surface area contributed by atoms with Crippen LogP contribution in [0.3, 0.4) is 0 Å². The predicted octanol–water partition coefficient (Wildman–Crippen LogP) is 1.94. The molecule has 0 fully saturated rings. The molecule has 0 bridgehead atoms. The van der Waals surface area contributed by atoms with E-state index in [9.17, 15) is 21.6 Å². The van der Waals surface area contributed by atoms with Gasteiger partial charge in [-0.05, 0) is 48.9 Å². The second-order valence-corrected chi connectivity index (χ2v) is 10.1. The van der Waals surface area contributed by atoms with Gasteiger partial charge in [0.1, 0.15) is 4.88 Å². The highest BCUT2D eigenvalue weighted by Crippen LogP contribution is 2.33. The molecule has 11 heteroatoms. The summed E-state index contributed by atoms with van der Waals surface area (Å²) in [6, 6.07) is 3.02. The molecule has 4 N–H and O–H groups in total. The number of primary amides is 1. The van der Waals surface area contributed by atoms with Crippen LogP contribution in [0.2, 0.25) is 0 Å². The predicted molar refractivity (Wildman–Crippen MR) is 103 cm³/mol. The summed E-state index contributed by atoms with van der Waals surface area (Å²) >= 11 is 1.02. The lowest BCUT2D eigenvalue weighted by Gasteiger charge is -2.18. The van der Waals surface area contributed by atoms with Gasteiger partial charge in [-0.3, -0.25) is 14.2 Å². The van der Waals surface area contributed by atoms with E-state index in [4.69, 9.17) is 5.73 Å². The van der Waals surface area contributed by atoms with E-state index in [0.717, 1.165) is 17.6 Å². The minimum Gasteiger partial charge on any atom is -0.365 e. The summed E-state index contributed by atoms with van der Waals surface area (Å²) in [6.45, 7) is 4.81. The Labute approximate surface area is 156 Å². The summed E-state index contributed by atoms with van der Waals surface area (Å²) < 4.78 is 53.7. The Morgan fingerprint density at radius 2 is 1.69 bits per heavy atom. The van der Waals surface area contributed by atoms with Crippen molar-refractivity contribution in [2.24, 2.45) is 5.73 Å². The van der Waals surface area contributed by atoms with Crippen molar-refractivity contribution in [3.8, 4) is 0 Å². The van der Waals surface area contributed by atoms with Gasteiger partial charge in [-0.25, -0.2) is 16.8 Å². The highest BCUT2D eigenvalue weighted by Gasteiger charge is 2.25. The molecule has 0 aliphatic carbocycles. The molecular weight excluding hydrogens is 398 g/mol. The van der Waals surface area contributed by atoms with Gasteiger partial charge >= 0.3 is 0 Å². The monoisotopic (exact) mass is 417 g/mol. The number of thiophene rings is 1. The molecule has 2 aromatic rings. The van der Waals surface area contributed by atoms with Gasteiger partial charge in [-0.2, -0.15) is 0 Å². The second kappa shape index (κ2) is 6.89. The Hall–Kier alpha value is -2.11. The van der Waals surface area contributed by atoms with Crippen molar-refractivity contribution in [3.05, 3.63) is 39.1 Å². The highest BCUT2D eigenvalue weighted by molar-refractivity contribution is 7.93. The molecule has 0 saturated heterocycles. The Kier molecular flexibility index (Phi) is 5.36. The number of sulfonamides is 2. The molecule has 0 spiro atoms. The molecule has 2 rings (SSSR count). The first-order valence-corrected chi connectivity index (χ1v) is 11.6. The Bertz CT molecular complexity index is 1090. The first kappa shape index (κ1) is 20.2. The van der Waals surface area contributed by atoms with Crippen LogP contribution in [-0.4, -0.2) is 29.0 Å². The summed E-state index contributed by atoms with van der Waals surface area (Å²) in [7, 11) is -7.67. The molecule has 8 nitrogen and oxygen atoms in total. The third-order valence-corrected chi connectivity index (χ3v) is 6.75. The fourth-order valence-electron chi connectivity index (χ4n) is 2.70. The quantitative estimate of drug-likeness (QED) is 0.660. The van der Waals surface area contributed by atoms with Crippen molar-refractivity contribution >= 4 is 48.7 Å². The van der Waals surface area contributed by atoms with Gasteiger partial charge in [0.2, 0.25) is 10.0 Å². The molecule has 0 radical (unpaired) electrons. The fourth-order valence-corrected chi connectivity index (χ4v) is 5.70. The van der Waals surface area contributed by atoms with Gasteiger partial charge in [-0.15, -0.1) is 11.3 Å². The Morgan fingerprint density at radius 1 is 1.08 bits per heavy atom. The van der Waals surface area contributed by atoms with E-state index >= 15 is 0 Å².